The number of benzene rings is 1. The van der Waals surface area contributed by atoms with Crippen LogP contribution >= 0.6 is 0 Å². The van der Waals surface area contributed by atoms with E-state index in [0.717, 1.165) is 19.4 Å². The van der Waals surface area contributed by atoms with Gasteiger partial charge in [0.25, 0.3) is 11.5 Å². The molecule has 44 heavy (non-hydrogen) atoms. The van der Waals surface area contributed by atoms with Gasteiger partial charge in [-0.1, -0.05) is 18.2 Å². The number of amidine groups is 1. The fourth-order valence-corrected chi connectivity index (χ4v) is 6.44. The van der Waals surface area contributed by atoms with Gasteiger partial charge in [-0.2, -0.15) is 5.26 Å². The van der Waals surface area contributed by atoms with E-state index in [1.807, 2.05) is 6.92 Å². The van der Waals surface area contributed by atoms with Gasteiger partial charge in [-0.05, 0) is 89.5 Å². The minimum absolute atomic E-state index is 0.00138. The smallest absolute Gasteiger partial charge is 0.276 e. The van der Waals surface area contributed by atoms with Crippen LogP contribution in [-0.2, 0) is 22.7 Å². The summed E-state index contributed by atoms with van der Waals surface area (Å²) in [4.78, 5) is 39.7. The number of carbonyl (C=O) groups excluding carboxylic acids is 1. The molecule has 1 saturated heterocycles. The maximum atomic E-state index is 15.8. The van der Waals surface area contributed by atoms with Gasteiger partial charge in [0.2, 0.25) is 5.91 Å². The van der Waals surface area contributed by atoms with Crippen molar-refractivity contribution in [2.75, 3.05) is 40.3 Å². The van der Waals surface area contributed by atoms with Crippen molar-refractivity contribution >= 4 is 24.3 Å². The van der Waals surface area contributed by atoms with Gasteiger partial charge in [-0.3, -0.25) is 19.1 Å². The minimum atomic E-state index is -2.97. The van der Waals surface area contributed by atoms with E-state index in [2.05, 4.69) is 33.0 Å². The molecule has 1 saturated carbocycles. The van der Waals surface area contributed by atoms with Crippen LogP contribution in [0.25, 0.3) is 0 Å². The molecule has 0 unspecified atom stereocenters. The number of pyridine rings is 1. The van der Waals surface area contributed by atoms with E-state index in [9.17, 15) is 14.9 Å². The SMILES string of the molecule is C=Nc1c2cc(C3(C#N)CC3)c(=O)n1CC(=O)N(C)CCCCN1CCC(CC1)C(F)(F)c1cccc(c1)[C@@H](C)NC2=NC. The second kappa shape index (κ2) is 12.6. The number of piperidine rings is 1. The molecule has 0 radical (unpaired) electrons. The quantitative estimate of drug-likeness (QED) is 0.507. The predicted molar refractivity (Wildman–Crippen MR) is 167 cm³/mol. The maximum Gasteiger partial charge on any atom is 0.276 e. The normalized spacial score (nSPS) is 26.3. The predicted octanol–water partition coefficient (Wildman–Crippen LogP) is 4.52. The lowest BCUT2D eigenvalue weighted by atomic mass is 9.85. The highest BCUT2D eigenvalue weighted by atomic mass is 19.3. The summed E-state index contributed by atoms with van der Waals surface area (Å²) < 4.78 is 33.0. The molecule has 1 N–H and O–H groups in total. The Kier molecular flexibility index (Phi) is 9.02. The number of nitriles is 1. The van der Waals surface area contributed by atoms with Crippen LogP contribution in [0.3, 0.4) is 0 Å². The third-order valence-electron chi connectivity index (χ3n) is 9.53. The van der Waals surface area contributed by atoms with Crippen LogP contribution < -0.4 is 10.9 Å². The van der Waals surface area contributed by atoms with E-state index in [4.69, 9.17) is 0 Å². The Morgan fingerprint density at radius 3 is 2.43 bits per heavy atom. The van der Waals surface area contributed by atoms with E-state index in [-0.39, 0.29) is 29.4 Å². The van der Waals surface area contributed by atoms with Crippen molar-refractivity contribution in [2.45, 2.75) is 69.4 Å². The molecule has 234 valence electrons. The number of fused-ring (bicyclic) bond motifs is 10. The molecular formula is C33H41F2N7O2. The van der Waals surface area contributed by atoms with Crippen molar-refractivity contribution in [1.29, 1.82) is 5.26 Å². The van der Waals surface area contributed by atoms with Crippen molar-refractivity contribution < 1.29 is 13.6 Å². The molecule has 1 aromatic heterocycles. The molecular weight excluding hydrogens is 564 g/mol. The second-order valence-corrected chi connectivity index (χ2v) is 12.4. The first-order chi connectivity index (χ1) is 21.0. The van der Waals surface area contributed by atoms with Gasteiger partial charge in [-0.15, -0.1) is 0 Å². The monoisotopic (exact) mass is 605 g/mol. The van der Waals surface area contributed by atoms with Crippen molar-refractivity contribution in [3.8, 4) is 6.07 Å². The molecule has 1 amide bonds. The summed E-state index contributed by atoms with van der Waals surface area (Å²) in [6.07, 6.45) is 3.48. The Hall–Kier alpha value is -3.91. The number of rotatable bonds is 2. The summed E-state index contributed by atoms with van der Waals surface area (Å²) in [5, 5.41) is 13.3. The third-order valence-corrected chi connectivity index (χ3v) is 9.53. The van der Waals surface area contributed by atoms with Crippen LogP contribution in [0.5, 0.6) is 0 Å². The molecule has 4 aliphatic rings. The number of likely N-dealkylation sites (N-methyl/N-ethyl adjacent to an activating group) is 1. The van der Waals surface area contributed by atoms with Gasteiger partial charge in [-0.25, -0.2) is 13.8 Å². The average molecular weight is 606 g/mol. The molecule has 11 heteroatoms. The topological polar surface area (TPSA) is 106 Å². The molecule has 3 aliphatic heterocycles. The number of hydrogen-bond acceptors (Lipinski definition) is 6. The Morgan fingerprint density at radius 2 is 1.80 bits per heavy atom. The van der Waals surface area contributed by atoms with Gasteiger partial charge in [0, 0.05) is 43.7 Å². The van der Waals surface area contributed by atoms with E-state index in [0.29, 0.717) is 62.3 Å². The fraction of sp³-hybridized carbons (Fsp3) is 0.545. The van der Waals surface area contributed by atoms with Crippen LogP contribution in [-0.4, -0.2) is 73.1 Å². The molecule has 4 heterocycles. The molecule has 1 aliphatic carbocycles. The Morgan fingerprint density at radius 1 is 1.09 bits per heavy atom. The average Bonchev–Trinajstić information content (AvgIpc) is 3.83. The first-order valence-corrected chi connectivity index (χ1v) is 15.4. The maximum absolute atomic E-state index is 15.8. The summed E-state index contributed by atoms with van der Waals surface area (Å²) in [5.41, 5.74) is -0.0258. The Balaban J connectivity index is 1.59. The number of halogens is 2. The van der Waals surface area contributed by atoms with Gasteiger partial charge in [0.15, 0.2) is 0 Å². The van der Waals surface area contributed by atoms with E-state index in [1.165, 1.54) is 10.6 Å². The number of aromatic nitrogens is 1. The van der Waals surface area contributed by atoms with Crippen molar-refractivity contribution in [2.24, 2.45) is 15.9 Å². The van der Waals surface area contributed by atoms with Crippen molar-refractivity contribution in [1.82, 2.24) is 19.7 Å². The number of alkyl halides is 2. The number of hydrogen-bond donors (Lipinski definition) is 1. The van der Waals surface area contributed by atoms with Crippen molar-refractivity contribution in [3.63, 3.8) is 0 Å². The summed E-state index contributed by atoms with van der Waals surface area (Å²) in [6, 6.07) is 9.99. The van der Waals surface area contributed by atoms with Crippen LogP contribution in [0.15, 0.2) is 45.1 Å². The number of amides is 1. The molecule has 9 nitrogen and oxygen atoms in total. The Labute approximate surface area is 257 Å². The van der Waals surface area contributed by atoms with E-state index < -0.39 is 28.9 Å². The highest BCUT2D eigenvalue weighted by molar-refractivity contribution is 6.03. The molecule has 6 rings (SSSR count). The lowest BCUT2D eigenvalue weighted by Crippen LogP contribution is -2.40. The number of carbonyl (C=O) groups is 1. The number of aliphatic imine (C=N–C) groups is 2. The van der Waals surface area contributed by atoms with Crippen LogP contribution in [0.4, 0.5) is 14.6 Å². The minimum Gasteiger partial charge on any atom is -0.363 e. The summed E-state index contributed by atoms with van der Waals surface area (Å²) >= 11 is 0. The molecule has 2 aromatic rings. The van der Waals surface area contributed by atoms with Gasteiger partial charge >= 0.3 is 0 Å². The zero-order valence-corrected chi connectivity index (χ0v) is 25.8. The van der Waals surface area contributed by atoms with Crippen LogP contribution in [0.1, 0.15) is 73.7 Å². The number of nitrogens with one attached hydrogen (secondary N) is 1. The van der Waals surface area contributed by atoms with Crippen LogP contribution in [0.2, 0.25) is 0 Å². The molecule has 6 bridgehead atoms. The van der Waals surface area contributed by atoms with E-state index in [1.54, 1.807) is 43.3 Å². The fourth-order valence-electron chi connectivity index (χ4n) is 6.44. The Bertz CT molecular complexity index is 1550. The molecule has 2 fully saturated rings. The second-order valence-electron chi connectivity index (χ2n) is 12.4. The molecule has 1 atom stereocenters. The van der Waals surface area contributed by atoms with E-state index >= 15 is 8.78 Å². The first-order valence-electron chi connectivity index (χ1n) is 15.4. The van der Waals surface area contributed by atoms with Crippen molar-refractivity contribution in [3.05, 3.63) is 62.9 Å². The zero-order valence-electron chi connectivity index (χ0n) is 25.8. The third kappa shape index (κ3) is 6.05. The number of nitrogens with zero attached hydrogens (tertiary/aromatic N) is 6. The largest absolute Gasteiger partial charge is 0.363 e. The van der Waals surface area contributed by atoms with Gasteiger partial charge in [0.1, 0.15) is 18.2 Å². The first kappa shape index (κ1) is 31.5. The lowest BCUT2D eigenvalue weighted by Gasteiger charge is -2.36. The summed E-state index contributed by atoms with van der Waals surface area (Å²) in [5.74, 6) is -3.46. The van der Waals surface area contributed by atoms with Crippen LogP contribution in [0, 0.1) is 17.2 Å². The molecule has 0 spiro atoms. The zero-order chi connectivity index (χ0) is 31.6. The highest BCUT2D eigenvalue weighted by Crippen LogP contribution is 2.47. The standard InChI is InChI=1S/C33H41F2N7O2/c1-22-23-8-7-9-25(18-23)33(34,35)24-10-16-41(17-11-24)15-6-5-14-40(4)28(43)20-42-30(38-3)26(29(37-2)39-22)19-27(31(42)44)32(21-36)12-13-32/h7-9,18-19,22,24H,3,5-6,10-17,20H2,1-2,4H3,(H,37,39)/t22-/m1/s1. The molecule has 1 aromatic carbocycles. The van der Waals surface area contributed by atoms with Gasteiger partial charge < -0.3 is 15.1 Å². The lowest BCUT2D eigenvalue weighted by molar-refractivity contribution is -0.130. The van der Waals surface area contributed by atoms with Gasteiger partial charge in [0.05, 0.1) is 17.0 Å². The highest BCUT2D eigenvalue weighted by Gasteiger charge is 2.48. The summed E-state index contributed by atoms with van der Waals surface area (Å²) in [7, 11) is 3.28. The summed E-state index contributed by atoms with van der Waals surface area (Å²) in [6.45, 7) is 7.80.